The largest absolute Gasteiger partial charge is 0.573 e. The molecule has 0 unspecified atom stereocenters. The Morgan fingerprint density at radius 1 is 1.05 bits per heavy atom. The number of hydrogen-bond acceptors (Lipinski definition) is 8. The monoisotopic (exact) mass is 618 g/mol. The summed E-state index contributed by atoms with van der Waals surface area (Å²) in [5, 5.41) is 8.83. The van der Waals surface area contributed by atoms with Gasteiger partial charge in [-0.1, -0.05) is 68.1 Å². The van der Waals surface area contributed by atoms with E-state index >= 15 is 0 Å². The van der Waals surface area contributed by atoms with E-state index in [1.807, 2.05) is 48.5 Å². The van der Waals surface area contributed by atoms with E-state index < -0.39 is 18.0 Å². The Labute approximate surface area is 254 Å². The van der Waals surface area contributed by atoms with Gasteiger partial charge in [-0.05, 0) is 47.4 Å². The number of benzene rings is 3. The van der Waals surface area contributed by atoms with Gasteiger partial charge in [0.2, 0.25) is 0 Å². The zero-order valence-electron chi connectivity index (χ0n) is 23.4. The van der Waals surface area contributed by atoms with Crippen LogP contribution in [0.5, 0.6) is 5.75 Å². The number of aliphatic imine (C=N–C) groups is 1. The summed E-state index contributed by atoms with van der Waals surface area (Å²) in [6, 6.07) is 21.2. The van der Waals surface area contributed by atoms with Gasteiger partial charge < -0.3 is 10.1 Å². The van der Waals surface area contributed by atoms with Crippen LogP contribution >= 0.6 is 11.8 Å². The van der Waals surface area contributed by atoms with Gasteiger partial charge in [0, 0.05) is 17.2 Å². The molecule has 0 radical (unpaired) electrons. The number of rotatable bonds is 8. The van der Waals surface area contributed by atoms with Crippen molar-refractivity contribution in [2.45, 2.75) is 26.1 Å². The molecule has 1 aromatic heterocycles. The van der Waals surface area contributed by atoms with Crippen molar-refractivity contribution in [3.8, 4) is 17.0 Å². The minimum Gasteiger partial charge on any atom is -0.406 e. The Balaban J connectivity index is 1.26. The molecule has 0 aliphatic carbocycles. The Bertz CT molecular complexity index is 1730. The predicted octanol–water partition coefficient (Wildman–Crippen LogP) is 7.01. The van der Waals surface area contributed by atoms with Crippen molar-refractivity contribution in [3.63, 3.8) is 0 Å². The summed E-state index contributed by atoms with van der Waals surface area (Å²) >= 11 is 1.34. The summed E-state index contributed by atoms with van der Waals surface area (Å²) in [6.07, 6.45) is -1.96. The molecule has 9 nitrogen and oxygen atoms in total. The molecule has 1 aliphatic rings. The molecule has 1 saturated heterocycles. The molecule has 0 bridgehead atoms. The normalized spacial score (nSPS) is 14.5. The molecule has 0 spiro atoms. The molecule has 1 N–H and O–H groups in total. The van der Waals surface area contributed by atoms with Crippen molar-refractivity contribution >= 4 is 46.5 Å². The number of nitrogens with one attached hydrogen (secondary N) is 1. The van der Waals surface area contributed by atoms with Crippen molar-refractivity contribution < 1.29 is 27.5 Å². The molecular formula is C31H25F3N6O3S. The fourth-order valence-corrected chi connectivity index (χ4v) is 4.98. The highest BCUT2D eigenvalue weighted by molar-refractivity contribution is 8.15. The number of hydrazone groups is 1. The molecule has 224 valence electrons. The van der Waals surface area contributed by atoms with E-state index in [1.54, 1.807) is 12.3 Å². The van der Waals surface area contributed by atoms with Crippen molar-refractivity contribution in [1.82, 2.24) is 15.0 Å². The zero-order valence-corrected chi connectivity index (χ0v) is 24.3. The van der Waals surface area contributed by atoms with Crippen LogP contribution in [0.4, 0.5) is 24.7 Å². The van der Waals surface area contributed by atoms with Crippen LogP contribution < -0.4 is 10.1 Å². The van der Waals surface area contributed by atoms with Gasteiger partial charge in [-0.15, -0.1) is 13.2 Å². The third-order valence-electron chi connectivity index (χ3n) is 6.30. The molecule has 0 saturated carbocycles. The standard InChI is InChI=1S/C31H25F3N6O3S/c1-19(2)24-5-3-4-6-25(24)38-30-40(28(41)17-44-30)37-16-20-7-9-21(10-8-20)26-15-27(36-18-35-26)39-29(42)22-11-13-23(14-12-22)43-31(32,33)34/h3-16,18-19H,17H2,1-2H3,(H,35,36,39,42)/b37-16+,38-30-. The topological polar surface area (TPSA) is 109 Å². The van der Waals surface area contributed by atoms with Gasteiger partial charge in [0.05, 0.1) is 23.3 Å². The lowest BCUT2D eigenvalue weighted by Crippen LogP contribution is -2.23. The Morgan fingerprint density at radius 3 is 2.48 bits per heavy atom. The average Bonchev–Trinajstić information content (AvgIpc) is 3.34. The van der Waals surface area contributed by atoms with Crippen LogP contribution in [0.2, 0.25) is 0 Å². The molecule has 5 rings (SSSR count). The van der Waals surface area contributed by atoms with Crippen LogP contribution in [0.25, 0.3) is 11.3 Å². The molecule has 4 aromatic rings. The van der Waals surface area contributed by atoms with Gasteiger partial charge >= 0.3 is 6.36 Å². The summed E-state index contributed by atoms with van der Waals surface area (Å²) in [6.45, 7) is 4.18. The van der Waals surface area contributed by atoms with Crippen LogP contribution in [0.15, 0.2) is 95.3 Å². The number of hydrogen-bond donors (Lipinski definition) is 1. The molecule has 13 heteroatoms. The van der Waals surface area contributed by atoms with E-state index in [-0.39, 0.29) is 29.0 Å². The lowest BCUT2D eigenvalue weighted by atomic mass is 10.0. The highest BCUT2D eigenvalue weighted by Gasteiger charge is 2.31. The van der Waals surface area contributed by atoms with Crippen molar-refractivity contribution in [1.29, 1.82) is 0 Å². The number of amides is 2. The Hall–Kier alpha value is -5.04. The van der Waals surface area contributed by atoms with Gasteiger partial charge in [0.1, 0.15) is 17.9 Å². The number of anilines is 1. The van der Waals surface area contributed by atoms with E-state index in [0.29, 0.717) is 10.9 Å². The van der Waals surface area contributed by atoms with Crippen LogP contribution in [0.1, 0.15) is 41.3 Å². The minimum atomic E-state index is -4.82. The van der Waals surface area contributed by atoms with Gasteiger partial charge in [0.25, 0.3) is 11.8 Å². The number of thioether (sulfide) groups is 1. The third-order valence-corrected chi connectivity index (χ3v) is 7.22. The Morgan fingerprint density at radius 2 is 1.77 bits per heavy atom. The summed E-state index contributed by atoms with van der Waals surface area (Å²) in [5.41, 5.74) is 4.00. The number of nitrogens with zero attached hydrogens (tertiary/aromatic N) is 5. The number of amidine groups is 1. The van der Waals surface area contributed by atoms with E-state index in [0.717, 1.165) is 34.5 Å². The van der Waals surface area contributed by atoms with E-state index in [4.69, 9.17) is 4.99 Å². The number of carbonyl (C=O) groups is 2. The molecule has 2 amide bonds. The number of alkyl halides is 3. The van der Waals surface area contributed by atoms with Crippen molar-refractivity contribution in [2.75, 3.05) is 11.1 Å². The predicted molar refractivity (Wildman–Crippen MR) is 163 cm³/mol. The number of ether oxygens (including phenoxy) is 1. The second kappa shape index (κ2) is 13.1. The number of carbonyl (C=O) groups excluding carboxylic acids is 2. The first-order chi connectivity index (χ1) is 21.1. The van der Waals surface area contributed by atoms with Crippen LogP contribution in [0, 0.1) is 0 Å². The first-order valence-corrected chi connectivity index (χ1v) is 14.3. The lowest BCUT2D eigenvalue weighted by molar-refractivity contribution is -0.274. The van der Waals surface area contributed by atoms with Gasteiger partial charge in [-0.25, -0.2) is 15.0 Å². The number of para-hydroxylation sites is 1. The molecule has 1 fully saturated rings. The lowest BCUT2D eigenvalue weighted by Gasteiger charge is -2.12. The van der Waals surface area contributed by atoms with Crippen LogP contribution in [-0.4, -0.2) is 50.3 Å². The summed E-state index contributed by atoms with van der Waals surface area (Å²) < 4.78 is 41.0. The van der Waals surface area contributed by atoms with E-state index in [2.05, 4.69) is 39.0 Å². The molecule has 2 heterocycles. The van der Waals surface area contributed by atoms with E-state index in [1.165, 1.54) is 35.2 Å². The molecule has 1 aliphatic heterocycles. The highest BCUT2D eigenvalue weighted by Crippen LogP contribution is 2.30. The zero-order chi connectivity index (χ0) is 31.3. The quantitative estimate of drug-likeness (QED) is 0.213. The second-order valence-corrected chi connectivity index (χ2v) is 10.7. The fraction of sp³-hybridized carbons (Fsp3) is 0.161. The third kappa shape index (κ3) is 7.67. The summed E-state index contributed by atoms with van der Waals surface area (Å²) in [7, 11) is 0. The van der Waals surface area contributed by atoms with Gasteiger partial charge in [-0.2, -0.15) is 10.1 Å². The van der Waals surface area contributed by atoms with Gasteiger partial charge in [0.15, 0.2) is 5.17 Å². The maximum Gasteiger partial charge on any atom is 0.573 e. The second-order valence-electron chi connectivity index (χ2n) is 9.78. The van der Waals surface area contributed by atoms with Crippen LogP contribution in [0.3, 0.4) is 0 Å². The maximum absolute atomic E-state index is 12.6. The molecule has 3 aromatic carbocycles. The summed E-state index contributed by atoms with van der Waals surface area (Å²) in [4.78, 5) is 38.2. The SMILES string of the molecule is CC(C)c1ccccc1/N=C1\SCC(=O)N1/N=C/c1ccc(-c2cc(NC(=O)c3ccc(OC(F)(F)F)cc3)ncn2)cc1. The van der Waals surface area contributed by atoms with Crippen LogP contribution in [-0.2, 0) is 4.79 Å². The van der Waals surface area contributed by atoms with Crippen molar-refractivity contribution in [2.24, 2.45) is 10.1 Å². The Kier molecular flexibility index (Phi) is 9.04. The summed E-state index contributed by atoms with van der Waals surface area (Å²) in [5.74, 6) is -0.424. The number of halogens is 3. The van der Waals surface area contributed by atoms with E-state index in [9.17, 15) is 22.8 Å². The average molecular weight is 619 g/mol. The first kappa shape index (κ1) is 30.4. The molecule has 0 atom stereocenters. The maximum atomic E-state index is 12.6. The molecule has 44 heavy (non-hydrogen) atoms. The number of aromatic nitrogens is 2. The molecular weight excluding hydrogens is 593 g/mol. The van der Waals surface area contributed by atoms with Gasteiger partial charge in [-0.3, -0.25) is 9.59 Å². The first-order valence-electron chi connectivity index (χ1n) is 13.3. The minimum absolute atomic E-state index is 0.121. The fourth-order valence-electron chi connectivity index (χ4n) is 4.17. The van der Waals surface area contributed by atoms with Crippen molar-refractivity contribution in [3.05, 3.63) is 102 Å². The highest BCUT2D eigenvalue weighted by atomic mass is 32.2. The smallest absolute Gasteiger partial charge is 0.406 e.